The molecule has 2 bridgehead atoms. The first kappa shape index (κ1) is 11.2. The van der Waals surface area contributed by atoms with Gasteiger partial charge < -0.3 is 4.74 Å². The first-order valence-corrected chi connectivity index (χ1v) is 6.74. The largest absolute Gasteiger partial charge is 0.468 e. The lowest BCUT2D eigenvalue weighted by atomic mass is 9.63. The Morgan fingerprint density at radius 1 is 1.21 bits per heavy atom. The molecule has 1 heterocycles. The molecule has 0 spiro atoms. The van der Waals surface area contributed by atoms with Crippen molar-refractivity contribution in [2.75, 3.05) is 13.7 Å². The zero-order valence-electron chi connectivity index (χ0n) is 10.6. The lowest BCUT2D eigenvalue weighted by Gasteiger charge is -2.37. The van der Waals surface area contributed by atoms with Crippen molar-refractivity contribution < 1.29 is 19.1 Å². The maximum Gasteiger partial charge on any atom is 0.325 e. The van der Waals surface area contributed by atoms with E-state index in [0.717, 1.165) is 11.3 Å². The summed E-state index contributed by atoms with van der Waals surface area (Å²) in [7, 11) is 1.26. The number of ether oxygens (including phenoxy) is 1. The number of methoxy groups -OCH3 is 1. The molecule has 100 valence electrons. The summed E-state index contributed by atoms with van der Waals surface area (Å²) in [4.78, 5) is 37.3. The Balaban J connectivity index is 1.66. The van der Waals surface area contributed by atoms with Gasteiger partial charge >= 0.3 is 5.97 Å². The van der Waals surface area contributed by atoms with Gasteiger partial charge in [0.15, 0.2) is 0 Å². The van der Waals surface area contributed by atoms with Crippen LogP contribution in [0.5, 0.6) is 0 Å². The van der Waals surface area contributed by atoms with Crippen molar-refractivity contribution in [3.8, 4) is 0 Å². The van der Waals surface area contributed by atoms with E-state index in [1.54, 1.807) is 0 Å². The fourth-order valence-corrected chi connectivity index (χ4v) is 4.37. The molecule has 1 aliphatic heterocycles. The van der Waals surface area contributed by atoms with E-state index in [9.17, 15) is 14.4 Å². The molecule has 2 amide bonds. The zero-order valence-corrected chi connectivity index (χ0v) is 10.6. The summed E-state index contributed by atoms with van der Waals surface area (Å²) in [6.07, 6.45) is 5.38. The number of nitrogens with zero attached hydrogens (tertiary/aromatic N) is 1. The van der Waals surface area contributed by atoms with Crippen LogP contribution >= 0.6 is 0 Å². The molecule has 0 unspecified atom stereocenters. The first-order chi connectivity index (χ1) is 9.13. The predicted octanol–water partition coefficient (Wildman–Crippen LogP) is 0.212. The number of likely N-dealkylation sites (tertiary alicyclic amines) is 1. The smallest absolute Gasteiger partial charge is 0.325 e. The van der Waals surface area contributed by atoms with Crippen molar-refractivity contribution in [2.24, 2.45) is 35.5 Å². The third-order valence-corrected chi connectivity index (χ3v) is 5.27. The summed E-state index contributed by atoms with van der Waals surface area (Å²) in [5.41, 5.74) is 0. The van der Waals surface area contributed by atoms with E-state index in [1.165, 1.54) is 7.11 Å². The second-order valence-corrected chi connectivity index (χ2v) is 5.99. The van der Waals surface area contributed by atoms with Gasteiger partial charge in [0.1, 0.15) is 6.54 Å². The van der Waals surface area contributed by atoms with Crippen LogP contribution in [0.4, 0.5) is 0 Å². The van der Waals surface area contributed by atoms with Gasteiger partial charge in [0.05, 0.1) is 18.9 Å². The molecule has 0 N–H and O–H groups in total. The van der Waals surface area contributed by atoms with E-state index < -0.39 is 5.97 Å². The van der Waals surface area contributed by atoms with Crippen molar-refractivity contribution >= 4 is 17.8 Å². The van der Waals surface area contributed by atoms with Gasteiger partial charge in [-0.1, -0.05) is 12.2 Å². The second-order valence-electron chi connectivity index (χ2n) is 5.99. The van der Waals surface area contributed by atoms with Gasteiger partial charge in [-0.15, -0.1) is 0 Å². The van der Waals surface area contributed by atoms with E-state index in [-0.39, 0.29) is 42.0 Å². The quantitative estimate of drug-likeness (QED) is 0.405. The SMILES string of the molecule is COC(=O)CN1C(=O)[C@@H]2[C@@H]3C=C[C@@H]([C@@H]4C[C@H]34)[C@@H]2C1=O. The first-order valence-electron chi connectivity index (χ1n) is 6.74. The minimum atomic E-state index is -0.536. The Morgan fingerprint density at radius 2 is 1.74 bits per heavy atom. The van der Waals surface area contributed by atoms with Crippen LogP contribution in [0.15, 0.2) is 12.2 Å². The van der Waals surface area contributed by atoms with Crippen LogP contribution in [0.1, 0.15) is 6.42 Å². The molecule has 0 radical (unpaired) electrons. The van der Waals surface area contributed by atoms with Crippen LogP contribution in [-0.2, 0) is 19.1 Å². The highest BCUT2D eigenvalue weighted by atomic mass is 16.5. The van der Waals surface area contributed by atoms with Crippen molar-refractivity contribution in [2.45, 2.75) is 6.42 Å². The molecule has 5 aliphatic rings. The van der Waals surface area contributed by atoms with Gasteiger partial charge in [-0.3, -0.25) is 19.3 Å². The zero-order chi connectivity index (χ0) is 13.3. The number of allylic oxidation sites excluding steroid dienone is 2. The van der Waals surface area contributed by atoms with Gasteiger partial charge in [0.25, 0.3) is 0 Å². The second kappa shape index (κ2) is 3.46. The summed E-state index contributed by atoms with van der Waals surface area (Å²) >= 11 is 0. The van der Waals surface area contributed by atoms with Crippen LogP contribution in [0.2, 0.25) is 0 Å². The third-order valence-electron chi connectivity index (χ3n) is 5.27. The molecule has 6 atom stereocenters. The summed E-state index contributed by atoms with van der Waals surface area (Å²) in [5, 5.41) is 0. The van der Waals surface area contributed by atoms with E-state index in [1.807, 2.05) is 0 Å². The fraction of sp³-hybridized carbons (Fsp3) is 0.643. The molecule has 5 nitrogen and oxygen atoms in total. The molecule has 0 aromatic rings. The standard InChI is InChI=1S/C14H15NO4/c1-19-10(16)5-15-13(17)11-6-2-3-7(9-4-8(6)9)12(11)14(15)18/h2-3,6-9,11-12H,4-5H2,1H3/t6-,7+,8-,9+,11-,12+. The van der Waals surface area contributed by atoms with Crippen LogP contribution in [-0.4, -0.2) is 36.3 Å². The Bertz CT molecular complexity index is 490. The number of carbonyl (C=O) groups is 3. The Labute approximate surface area is 110 Å². The molecule has 0 aromatic heterocycles. The monoisotopic (exact) mass is 261 g/mol. The number of hydrogen-bond donors (Lipinski definition) is 0. The molecule has 5 heteroatoms. The summed E-state index contributed by atoms with van der Waals surface area (Å²) in [6.45, 7) is -0.240. The Morgan fingerprint density at radius 3 is 2.21 bits per heavy atom. The Hall–Kier alpha value is -1.65. The van der Waals surface area contributed by atoms with Gasteiger partial charge in [0.2, 0.25) is 11.8 Å². The Kier molecular flexibility index (Phi) is 2.04. The van der Waals surface area contributed by atoms with Crippen molar-refractivity contribution in [1.29, 1.82) is 0 Å². The average molecular weight is 261 g/mol. The molecule has 1 saturated heterocycles. The number of amides is 2. The van der Waals surface area contributed by atoms with Crippen molar-refractivity contribution in [1.82, 2.24) is 4.90 Å². The predicted molar refractivity (Wildman–Crippen MR) is 63.4 cm³/mol. The van der Waals surface area contributed by atoms with Crippen molar-refractivity contribution in [3.63, 3.8) is 0 Å². The van der Waals surface area contributed by atoms with Gasteiger partial charge in [-0.05, 0) is 30.1 Å². The van der Waals surface area contributed by atoms with E-state index in [2.05, 4.69) is 16.9 Å². The molecule has 3 fully saturated rings. The summed E-state index contributed by atoms with van der Waals surface area (Å²) in [5.74, 6) is 0.253. The van der Waals surface area contributed by atoms with Crippen LogP contribution < -0.4 is 0 Å². The third kappa shape index (κ3) is 1.28. The van der Waals surface area contributed by atoms with E-state index in [0.29, 0.717) is 11.8 Å². The highest BCUT2D eigenvalue weighted by Crippen LogP contribution is 2.65. The topological polar surface area (TPSA) is 63.7 Å². The van der Waals surface area contributed by atoms with Gasteiger partial charge in [-0.2, -0.15) is 0 Å². The van der Waals surface area contributed by atoms with E-state index in [4.69, 9.17) is 0 Å². The lowest BCUT2D eigenvalue weighted by molar-refractivity contribution is -0.151. The minimum Gasteiger partial charge on any atom is -0.468 e. The molecule has 5 rings (SSSR count). The van der Waals surface area contributed by atoms with Crippen LogP contribution in [0.25, 0.3) is 0 Å². The minimum absolute atomic E-state index is 0.176. The maximum atomic E-state index is 12.4. The number of esters is 1. The highest BCUT2D eigenvalue weighted by molar-refractivity contribution is 6.07. The maximum absolute atomic E-state index is 12.4. The number of rotatable bonds is 2. The molecule has 2 saturated carbocycles. The number of carbonyl (C=O) groups excluding carboxylic acids is 3. The van der Waals surface area contributed by atoms with Gasteiger partial charge in [0, 0.05) is 0 Å². The summed E-state index contributed by atoms with van der Waals surface area (Å²) in [6, 6.07) is 0. The van der Waals surface area contributed by atoms with E-state index >= 15 is 0 Å². The number of imide groups is 1. The van der Waals surface area contributed by atoms with Crippen LogP contribution in [0.3, 0.4) is 0 Å². The summed E-state index contributed by atoms with van der Waals surface area (Å²) < 4.78 is 4.56. The normalized spacial score (nSPS) is 45.2. The number of hydrogen-bond acceptors (Lipinski definition) is 4. The highest BCUT2D eigenvalue weighted by Gasteiger charge is 2.67. The van der Waals surface area contributed by atoms with Crippen molar-refractivity contribution in [3.05, 3.63) is 12.2 Å². The fourth-order valence-electron chi connectivity index (χ4n) is 4.37. The molecular formula is C14H15NO4. The molecule has 4 aliphatic carbocycles. The van der Waals surface area contributed by atoms with Gasteiger partial charge in [-0.25, -0.2) is 0 Å². The average Bonchev–Trinajstić information content (AvgIpc) is 3.20. The lowest BCUT2D eigenvalue weighted by Crippen LogP contribution is -2.40. The molecule has 19 heavy (non-hydrogen) atoms. The van der Waals surface area contributed by atoms with Crippen LogP contribution in [0, 0.1) is 35.5 Å². The molecule has 0 aromatic carbocycles. The molecular weight excluding hydrogens is 246 g/mol.